The van der Waals surface area contributed by atoms with Crippen molar-refractivity contribution in [3.05, 3.63) is 42.1 Å². The fraction of sp³-hybridized carbons (Fsp3) is 0.333. The van der Waals surface area contributed by atoms with Gasteiger partial charge in [-0.05, 0) is 31.0 Å². The lowest BCUT2D eigenvalue weighted by Gasteiger charge is -2.11. The number of fused-ring (bicyclic) bond motifs is 1. The van der Waals surface area contributed by atoms with Gasteiger partial charge in [0.15, 0.2) is 5.82 Å². The van der Waals surface area contributed by atoms with Gasteiger partial charge in [0.25, 0.3) is 0 Å². The van der Waals surface area contributed by atoms with Gasteiger partial charge in [0.2, 0.25) is 0 Å². The molecule has 0 aliphatic carbocycles. The average molecular weight is 343 g/mol. The molecule has 0 radical (unpaired) electrons. The largest absolute Gasteiger partial charge is 0.493 e. The molecule has 3 rings (SSSR count). The zero-order chi connectivity index (χ0) is 16.9. The van der Waals surface area contributed by atoms with Crippen molar-refractivity contribution in [3.63, 3.8) is 0 Å². The van der Waals surface area contributed by atoms with Crippen LogP contribution in [0.2, 0.25) is 0 Å². The second kappa shape index (κ2) is 7.68. The lowest BCUT2D eigenvalue weighted by molar-refractivity contribution is 0.172. The third-order valence-electron chi connectivity index (χ3n) is 3.74. The topological polar surface area (TPSA) is 49.2 Å². The summed E-state index contributed by atoms with van der Waals surface area (Å²) in [5.41, 5.74) is 3.88. The number of aryl methyl sites for hydroxylation is 1. The second-order valence-electron chi connectivity index (χ2n) is 5.43. The van der Waals surface area contributed by atoms with Crippen LogP contribution in [0.1, 0.15) is 12.0 Å². The highest BCUT2D eigenvalue weighted by Crippen LogP contribution is 2.29. The number of methoxy groups -OCH3 is 1. The first kappa shape index (κ1) is 16.8. The third kappa shape index (κ3) is 3.39. The number of ether oxygens (including phenoxy) is 2. The number of hydrogen-bond acceptors (Lipinski definition) is 5. The maximum Gasteiger partial charge on any atom is 0.170 e. The number of nitrogens with zero attached hydrogens (tertiary/aromatic N) is 3. The molecular formula is C18H21N3O2S. The van der Waals surface area contributed by atoms with Gasteiger partial charge in [-0.15, -0.1) is 0 Å². The van der Waals surface area contributed by atoms with Gasteiger partial charge in [0.1, 0.15) is 11.4 Å². The summed E-state index contributed by atoms with van der Waals surface area (Å²) < 4.78 is 13.0. The molecule has 126 valence electrons. The number of benzene rings is 1. The van der Waals surface area contributed by atoms with E-state index in [4.69, 9.17) is 14.5 Å². The van der Waals surface area contributed by atoms with Gasteiger partial charge in [-0.25, -0.2) is 4.98 Å². The molecule has 0 amide bonds. The molecule has 1 aromatic carbocycles. The van der Waals surface area contributed by atoms with Crippen LogP contribution in [0.5, 0.6) is 5.75 Å². The van der Waals surface area contributed by atoms with Gasteiger partial charge in [0.05, 0.1) is 17.6 Å². The van der Waals surface area contributed by atoms with Gasteiger partial charge in [-0.3, -0.25) is 8.96 Å². The van der Waals surface area contributed by atoms with E-state index < -0.39 is 0 Å². The van der Waals surface area contributed by atoms with Crippen molar-refractivity contribution in [2.75, 3.05) is 26.6 Å². The second-order valence-corrected chi connectivity index (χ2v) is 6.16. The van der Waals surface area contributed by atoms with Crippen LogP contribution in [0.4, 0.5) is 0 Å². The van der Waals surface area contributed by atoms with E-state index in [1.54, 1.807) is 19.1 Å². The van der Waals surface area contributed by atoms with Crippen molar-refractivity contribution in [1.82, 2.24) is 13.9 Å². The lowest BCUT2D eigenvalue weighted by Crippen LogP contribution is -2.03. The van der Waals surface area contributed by atoms with Crippen molar-refractivity contribution >= 4 is 23.0 Å². The Balaban J connectivity index is 1.95. The van der Waals surface area contributed by atoms with E-state index >= 15 is 0 Å². The molecule has 0 spiro atoms. The molecule has 0 atom stereocenters. The third-order valence-corrected chi connectivity index (χ3v) is 4.47. The number of aromatic nitrogens is 3. The summed E-state index contributed by atoms with van der Waals surface area (Å²) in [4.78, 5) is 9.29. The summed E-state index contributed by atoms with van der Waals surface area (Å²) in [6.07, 6.45) is 4.73. The number of pyridine rings is 1. The van der Waals surface area contributed by atoms with Crippen molar-refractivity contribution in [1.29, 1.82) is 0 Å². The Morgan fingerprint density at radius 1 is 1.21 bits per heavy atom. The smallest absolute Gasteiger partial charge is 0.170 e. The lowest BCUT2D eigenvalue weighted by atomic mass is 10.2. The minimum atomic E-state index is 0.622. The first-order valence-corrected chi connectivity index (χ1v) is 9.03. The molecule has 24 heavy (non-hydrogen) atoms. The fourth-order valence-electron chi connectivity index (χ4n) is 2.52. The molecule has 6 heteroatoms. The van der Waals surface area contributed by atoms with Crippen LogP contribution >= 0.6 is 11.9 Å². The maximum absolute atomic E-state index is 5.88. The van der Waals surface area contributed by atoms with Crippen LogP contribution in [0.15, 0.2) is 36.5 Å². The Kier molecular flexibility index (Phi) is 5.37. The first-order valence-electron chi connectivity index (χ1n) is 7.85. The zero-order valence-corrected chi connectivity index (χ0v) is 15.0. The van der Waals surface area contributed by atoms with E-state index in [0.29, 0.717) is 13.2 Å². The molecule has 0 aliphatic rings. The van der Waals surface area contributed by atoms with E-state index in [1.807, 2.05) is 43.6 Å². The molecule has 2 heterocycles. The quantitative estimate of drug-likeness (QED) is 0.608. The van der Waals surface area contributed by atoms with Crippen LogP contribution in [-0.2, 0) is 4.74 Å². The highest BCUT2D eigenvalue weighted by molar-refractivity contribution is 7.97. The Labute approximate surface area is 146 Å². The summed E-state index contributed by atoms with van der Waals surface area (Å²) in [5.74, 6) is 1.68. The standard InChI is InChI=1S/C18H21N3O2S/c1-13-12-19-15(11-17(13)23-10-6-9-22-2)18-20-14-7-4-5-8-16(14)21(18)24-3/h4-5,7-8,11-12H,6,9-10H2,1-3H3. The Bertz CT molecular complexity index is 832. The number of para-hydroxylation sites is 2. The summed E-state index contributed by atoms with van der Waals surface area (Å²) in [5, 5.41) is 0. The van der Waals surface area contributed by atoms with Gasteiger partial charge in [0, 0.05) is 44.2 Å². The van der Waals surface area contributed by atoms with Gasteiger partial charge in [-0.2, -0.15) is 0 Å². The normalized spacial score (nSPS) is 11.1. The van der Waals surface area contributed by atoms with Crippen LogP contribution in [0.25, 0.3) is 22.6 Å². The molecule has 3 aromatic rings. The Morgan fingerprint density at radius 2 is 2.04 bits per heavy atom. The summed E-state index contributed by atoms with van der Waals surface area (Å²) in [7, 11) is 1.70. The van der Waals surface area contributed by atoms with E-state index in [9.17, 15) is 0 Å². The fourth-order valence-corrected chi connectivity index (χ4v) is 3.18. The van der Waals surface area contributed by atoms with Crippen molar-refractivity contribution in [2.24, 2.45) is 0 Å². The van der Waals surface area contributed by atoms with Gasteiger partial charge < -0.3 is 9.47 Å². The van der Waals surface area contributed by atoms with E-state index in [1.165, 1.54) is 0 Å². The molecule has 0 saturated carbocycles. The molecule has 0 unspecified atom stereocenters. The molecular weight excluding hydrogens is 322 g/mol. The van der Waals surface area contributed by atoms with Crippen LogP contribution in [-0.4, -0.2) is 40.5 Å². The Morgan fingerprint density at radius 3 is 2.83 bits per heavy atom. The number of imidazole rings is 1. The summed E-state index contributed by atoms with van der Waals surface area (Å²) >= 11 is 1.62. The SMILES string of the molecule is COCCCOc1cc(-c2nc3ccccc3n2SC)ncc1C. The van der Waals surface area contributed by atoms with E-state index in [0.717, 1.165) is 40.3 Å². The van der Waals surface area contributed by atoms with Crippen LogP contribution in [0, 0.1) is 6.92 Å². The van der Waals surface area contributed by atoms with Gasteiger partial charge in [-0.1, -0.05) is 12.1 Å². The predicted octanol–water partition coefficient (Wildman–Crippen LogP) is 3.95. The minimum absolute atomic E-state index is 0.622. The molecule has 0 saturated heterocycles. The molecule has 0 bridgehead atoms. The Hall–Kier alpha value is -2.05. The first-order chi connectivity index (χ1) is 11.7. The summed E-state index contributed by atoms with van der Waals surface area (Å²) in [6, 6.07) is 10.1. The molecule has 0 aliphatic heterocycles. The molecule has 0 N–H and O–H groups in total. The monoisotopic (exact) mass is 343 g/mol. The predicted molar refractivity (Wildman–Crippen MR) is 98.6 cm³/mol. The highest BCUT2D eigenvalue weighted by atomic mass is 32.2. The van der Waals surface area contributed by atoms with Crippen molar-refractivity contribution < 1.29 is 9.47 Å². The molecule has 5 nitrogen and oxygen atoms in total. The average Bonchev–Trinajstić information content (AvgIpc) is 2.98. The van der Waals surface area contributed by atoms with Crippen LogP contribution in [0.3, 0.4) is 0 Å². The van der Waals surface area contributed by atoms with Crippen molar-refractivity contribution in [2.45, 2.75) is 13.3 Å². The van der Waals surface area contributed by atoms with E-state index in [2.05, 4.69) is 15.0 Å². The van der Waals surface area contributed by atoms with Crippen LogP contribution < -0.4 is 4.74 Å². The van der Waals surface area contributed by atoms with Gasteiger partial charge >= 0.3 is 0 Å². The highest BCUT2D eigenvalue weighted by Gasteiger charge is 2.14. The number of hydrogen-bond donors (Lipinski definition) is 0. The molecule has 2 aromatic heterocycles. The van der Waals surface area contributed by atoms with E-state index in [-0.39, 0.29) is 0 Å². The number of rotatable bonds is 7. The minimum Gasteiger partial charge on any atom is -0.493 e. The molecule has 0 fully saturated rings. The maximum atomic E-state index is 5.88. The summed E-state index contributed by atoms with van der Waals surface area (Å²) in [6.45, 7) is 3.32. The zero-order valence-electron chi connectivity index (χ0n) is 14.2. The van der Waals surface area contributed by atoms with Crippen molar-refractivity contribution in [3.8, 4) is 17.3 Å².